The molecule has 8 heteroatoms. The largest absolute Gasteiger partial charge is 0.324 e. The van der Waals surface area contributed by atoms with Crippen LogP contribution in [-0.2, 0) is 16.6 Å². The molecule has 232 valence electrons. The number of hydrogen-bond acceptors (Lipinski definition) is 5. The van der Waals surface area contributed by atoms with E-state index in [1.807, 2.05) is 49.3 Å². The Balaban J connectivity index is 1.86. The van der Waals surface area contributed by atoms with Crippen LogP contribution in [0, 0.1) is 6.92 Å². The smallest absolute Gasteiger partial charge is 0.255 e. The third-order valence-corrected chi connectivity index (χ3v) is 7.73. The average Bonchev–Trinajstić information content (AvgIpc) is 3.40. The number of rotatable bonds is 13. The molecule has 1 atom stereocenters. The summed E-state index contributed by atoms with van der Waals surface area (Å²) in [7, 11) is 1.92. The van der Waals surface area contributed by atoms with Crippen LogP contribution in [0.1, 0.15) is 90.8 Å². The van der Waals surface area contributed by atoms with Gasteiger partial charge >= 0.3 is 0 Å². The highest BCUT2D eigenvalue weighted by molar-refractivity contribution is 6.07. The highest BCUT2D eigenvalue weighted by Crippen LogP contribution is 2.25. The lowest BCUT2D eigenvalue weighted by Crippen LogP contribution is -2.42. The predicted molar refractivity (Wildman–Crippen MR) is 178 cm³/mol. The lowest BCUT2D eigenvalue weighted by atomic mass is 9.97. The first-order valence-corrected chi connectivity index (χ1v) is 15.7. The van der Waals surface area contributed by atoms with Gasteiger partial charge in [-0.2, -0.15) is 5.10 Å². The van der Waals surface area contributed by atoms with E-state index in [-0.39, 0.29) is 11.8 Å². The van der Waals surface area contributed by atoms with E-state index in [0.717, 1.165) is 61.8 Å². The quantitative estimate of drug-likeness (QED) is 0.189. The predicted octanol–water partition coefficient (Wildman–Crippen LogP) is 7.38. The van der Waals surface area contributed by atoms with Crippen LogP contribution in [0.4, 0.5) is 11.4 Å². The zero-order chi connectivity index (χ0) is 31.4. The number of aryl methyl sites for hydroxylation is 2. The second-order valence-electron chi connectivity index (χ2n) is 11.7. The van der Waals surface area contributed by atoms with Crippen molar-refractivity contribution in [3.8, 4) is 0 Å². The minimum absolute atomic E-state index is 0.0729. The highest BCUT2D eigenvalue weighted by atomic mass is 16.2. The Morgan fingerprint density at radius 2 is 1.88 bits per heavy atom. The van der Waals surface area contributed by atoms with E-state index in [1.165, 1.54) is 12.0 Å². The van der Waals surface area contributed by atoms with Gasteiger partial charge < -0.3 is 10.6 Å². The van der Waals surface area contributed by atoms with Crippen LogP contribution in [0.3, 0.4) is 0 Å². The monoisotopic (exact) mass is 586 g/mol. The molecule has 0 bridgehead atoms. The molecule has 0 saturated carbocycles. The summed E-state index contributed by atoms with van der Waals surface area (Å²) in [5, 5.41) is 10.4. The van der Waals surface area contributed by atoms with Crippen molar-refractivity contribution in [1.82, 2.24) is 19.7 Å². The standard InChI is InChI=1S/C35H50N6O2/c1-8-10-11-16-29(19-30(25(3)4)18-28(14-9-2)31-21-37-40(7)23-31)35(43)39-33-20-32(22-36-27(33)6)38-34(42)24-41-17-13-12-15-26(41)5/h11,16,18-23,26H,8-10,12-15,17,24H2,1-7H3,(H,38,42)(H,39,43)/b16-11+,28-18+,29-19+. The number of nitrogens with one attached hydrogen (secondary N) is 2. The summed E-state index contributed by atoms with van der Waals surface area (Å²) in [4.78, 5) is 33.2. The SMILES string of the molecule is CCC/C=C/C(=C\C(/C=C(\CCC)c1cnn(C)c1)=C(C)C)C(=O)Nc1cc(NC(=O)CN2CCCCC2C)cnc1C. The van der Waals surface area contributed by atoms with E-state index in [9.17, 15) is 9.59 Å². The first-order valence-electron chi connectivity index (χ1n) is 15.7. The van der Waals surface area contributed by atoms with Crippen molar-refractivity contribution in [3.63, 3.8) is 0 Å². The summed E-state index contributed by atoms with van der Waals surface area (Å²) >= 11 is 0. The maximum atomic E-state index is 13.7. The number of anilines is 2. The number of amides is 2. The van der Waals surface area contributed by atoms with Crippen LogP contribution in [0.15, 0.2) is 65.7 Å². The molecule has 2 aromatic heterocycles. The highest BCUT2D eigenvalue weighted by Gasteiger charge is 2.21. The molecule has 0 aliphatic carbocycles. The van der Waals surface area contributed by atoms with Gasteiger partial charge in [-0.1, -0.05) is 56.9 Å². The number of allylic oxidation sites excluding steroid dienone is 6. The normalized spacial score (nSPS) is 16.4. The molecule has 0 radical (unpaired) electrons. The Labute approximate surface area is 258 Å². The first kappa shape index (κ1) is 33.7. The Morgan fingerprint density at radius 1 is 1.09 bits per heavy atom. The summed E-state index contributed by atoms with van der Waals surface area (Å²) in [5.41, 5.74) is 6.73. The minimum atomic E-state index is -0.228. The molecule has 1 aliphatic heterocycles. The molecule has 8 nitrogen and oxygen atoms in total. The molecular weight excluding hydrogens is 536 g/mol. The van der Waals surface area contributed by atoms with E-state index < -0.39 is 0 Å². The van der Waals surface area contributed by atoms with Crippen molar-refractivity contribution in [2.24, 2.45) is 7.05 Å². The van der Waals surface area contributed by atoms with Gasteiger partial charge in [-0.25, -0.2) is 0 Å². The average molecular weight is 587 g/mol. The molecule has 0 aromatic carbocycles. The number of carbonyl (C=O) groups is 2. The third-order valence-electron chi connectivity index (χ3n) is 7.73. The lowest BCUT2D eigenvalue weighted by molar-refractivity contribution is -0.118. The van der Waals surface area contributed by atoms with Gasteiger partial charge in [0.15, 0.2) is 0 Å². The summed E-state index contributed by atoms with van der Waals surface area (Å²) in [6, 6.07) is 2.19. The molecular formula is C35H50N6O2. The van der Waals surface area contributed by atoms with Crippen molar-refractivity contribution in [2.75, 3.05) is 23.7 Å². The van der Waals surface area contributed by atoms with Crippen LogP contribution >= 0.6 is 0 Å². The number of unbranched alkanes of at least 4 members (excludes halogenated alkanes) is 1. The maximum absolute atomic E-state index is 13.7. The Morgan fingerprint density at radius 3 is 2.53 bits per heavy atom. The van der Waals surface area contributed by atoms with E-state index in [0.29, 0.717) is 35.2 Å². The Hall–Kier alpha value is -3.78. The van der Waals surface area contributed by atoms with Crippen molar-refractivity contribution >= 4 is 28.8 Å². The maximum Gasteiger partial charge on any atom is 0.255 e. The van der Waals surface area contributed by atoms with E-state index in [1.54, 1.807) is 12.3 Å². The van der Waals surface area contributed by atoms with Crippen LogP contribution in [-0.4, -0.2) is 50.6 Å². The molecule has 2 N–H and O–H groups in total. The number of likely N-dealkylation sites (tertiary alicyclic amines) is 1. The fourth-order valence-corrected chi connectivity index (χ4v) is 5.11. The lowest BCUT2D eigenvalue weighted by Gasteiger charge is -2.32. The fourth-order valence-electron chi connectivity index (χ4n) is 5.11. The fraction of sp³-hybridized carbons (Fsp3) is 0.486. The number of aromatic nitrogens is 3. The molecule has 3 rings (SSSR count). The van der Waals surface area contributed by atoms with Crippen LogP contribution in [0.5, 0.6) is 0 Å². The summed E-state index contributed by atoms with van der Waals surface area (Å²) < 4.78 is 1.81. The number of carbonyl (C=O) groups excluding carboxylic acids is 2. The van der Waals surface area contributed by atoms with E-state index in [4.69, 9.17) is 0 Å². The van der Waals surface area contributed by atoms with Gasteiger partial charge in [-0.3, -0.25) is 24.2 Å². The van der Waals surface area contributed by atoms with E-state index >= 15 is 0 Å². The molecule has 1 fully saturated rings. The third kappa shape index (κ3) is 10.5. The number of hydrogen-bond donors (Lipinski definition) is 2. The number of nitrogens with zero attached hydrogens (tertiary/aromatic N) is 4. The van der Waals surface area contributed by atoms with Gasteiger partial charge in [0.2, 0.25) is 5.91 Å². The second-order valence-corrected chi connectivity index (χ2v) is 11.7. The molecule has 3 heterocycles. The Kier molecular flexibility index (Phi) is 13.1. The van der Waals surface area contributed by atoms with Crippen molar-refractivity contribution in [3.05, 3.63) is 76.9 Å². The molecule has 2 amide bonds. The number of piperidine rings is 1. The molecule has 1 aliphatic rings. The van der Waals surface area contributed by atoms with Crippen LogP contribution in [0.25, 0.3) is 5.57 Å². The summed E-state index contributed by atoms with van der Waals surface area (Å²) in [6.45, 7) is 13.7. The summed E-state index contributed by atoms with van der Waals surface area (Å²) in [5.74, 6) is -0.301. The Bertz CT molecular complexity index is 1380. The molecule has 0 spiro atoms. The topological polar surface area (TPSA) is 92.2 Å². The van der Waals surface area contributed by atoms with Gasteiger partial charge in [-0.05, 0) is 83.2 Å². The minimum Gasteiger partial charge on any atom is -0.324 e. The first-order chi connectivity index (χ1) is 20.6. The van der Waals surface area contributed by atoms with Crippen LogP contribution < -0.4 is 10.6 Å². The van der Waals surface area contributed by atoms with Gasteiger partial charge in [0.25, 0.3) is 5.91 Å². The van der Waals surface area contributed by atoms with Crippen LogP contribution in [0.2, 0.25) is 0 Å². The molecule has 1 unspecified atom stereocenters. The van der Waals surface area contributed by atoms with Gasteiger partial charge in [0.05, 0.1) is 36.0 Å². The summed E-state index contributed by atoms with van der Waals surface area (Å²) in [6.07, 6.45) is 20.8. The zero-order valence-electron chi connectivity index (χ0n) is 27.2. The van der Waals surface area contributed by atoms with Gasteiger partial charge in [0, 0.05) is 30.4 Å². The van der Waals surface area contributed by atoms with Crippen molar-refractivity contribution < 1.29 is 9.59 Å². The van der Waals surface area contributed by atoms with E-state index in [2.05, 4.69) is 66.3 Å². The molecule has 43 heavy (non-hydrogen) atoms. The molecule has 1 saturated heterocycles. The second kappa shape index (κ2) is 16.8. The van der Waals surface area contributed by atoms with Crippen molar-refractivity contribution in [1.29, 1.82) is 0 Å². The van der Waals surface area contributed by atoms with Crippen molar-refractivity contribution in [2.45, 2.75) is 92.5 Å². The van der Waals surface area contributed by atoms with Gasteiger partial charge in [-0.15, -0.1) is 0 Å². The van der Waals surface area contributed by atoms with Gasteiger partial charge in [0.1, 0.15) is 0 Å². The number of pyridine rings is 1. The molecule has 2 aromatic rings. The zero-order valence-corrected chi connectivity index (χ0v) is 27.2.